The van der Waals surface area contributed by atoms with Crippen molar-refractivity contribution >= 4 is 17.2 Å². The van der Waals surface area contributed by atoms with Crippen molar-refractivity contribution in [1.29, 1.82) is 0 Å². The molecule has 0 spiro atoms. The average molecular weight is 316 g/mol. The van der Waals surface area contributed by atoms with Gasteiger partial charge < -0.3 is 9.64 Å². The van der Waals surface area contributed by atoms with E-state index in [0.29, 0.717) is 17.5 Å². The molecule has 0 unspecified atom stereocenters. The van der Waals surface area contributed by atoms with Crippen LogP contribution in [0.25, 0.3) is 0 Å². The van der Waals surface area contributed by atoms with Crippen LogP contribution in [0.5, 0.6) is 5.75 Å². The number of carbonyl (C=O) groups excluding carboxylic acids is 1. The molecule has 2 heterocycles. The molecule has 1 aliphatic rings. The highest BCUT2D eigenvalue weighted by Crippen LogP contribution is 2.22. The van der Waals surface area contributed by atoms with Crippen LogP contribution < -0.4 is 4.74 Å². The van der Waals surface area contributed by atoms with Crippen molar-refractivity contribution in [1.82, 2.24) is 9.88 Å². The molecular weight excluding hydrogens is 296 g/mol. The number of aromatic nitrogens is 1. The van der Waals surface area contributed by atoms with Crippen LogP contribution in [0.4, 0.5) is 0 Å². The lowest BCUT2D eigenvalue weighted by Gasteiger charge is -2.16. The maximum Gasteiger partial charge on any atom is 0.282 e. The summed E-state index contributed by atoms with van der Waals surface area (Å²) in [6.45, 7) is 5.53. The first-order chi connectivity index (χ1) is 10.6. The molecule has 1 aromatic heterocycles. The van der Waals surface area contributed by atoms with Crippen LogP contribution in [0.15, 0.2) is 35.7 Å². The minimum atomic E-state index is 0.0241. The SMILES string of the molecule is CC(C)c1csc(C(=O)N2CC[C@H](Oc3ccccc3)C2)n1. The Balaban J connectivity index is 1.60. The topological polar surface area (TPSA) is 42.4 Å². The molecule has 1 saturated heterocycles. The second-order valence-corrected chi connectivity index (χ2v) is 6.68. The van der Waals surface area contributed by atoms with Crippen LogP contribution in [-0.2, 0) is 0 Å². The van der Waals surface area contributed by atoms with Gasteiger partial charge in [-0.2, -0.15) is 0 Å². The van der Waals surface area contributed by atoms with Gasteiger partial charge in [-0.3, -0.25) is 4.79 Å². The third kappa shape index (κ3) is 3.30. The fourth-order valence-corrected chi connectivity index (χ4v) is 3.43. The van der Waals surface area contributed by atoms with Gasteiger partial charge in [0, 0.05) is 18.3 Å². The number of amides is 1. The lowest BCUT2D eigenvalue weighted by atomic mass is 10.2. The minimum absolute atomic E-state index is 0.0241. The molecule has 1 atom stereocenters. The summed E-state index contributed by atoms with van der Waals surface area (Å²) in [5.41, 5.74) is 0.990. The van der Waals surface area contributed by atoms with E-state index in [-0.39, 0.29) is 12.0 Å². The Morgan fingerprint density at radius 2 is 2.14 bits per heavy atom. The zero-order chi connectivity index (χ0) is 15.5. The molecule has 0 radical (unpaired) electrons. The van der Waals surface area contributed by atoms with E-state index in [2.05, 4.69) is 18.8 Å². The summed E-state index contributed by atoms with van der Waals surface area (Å²) in [5.74, 6) is 1.24. The Kier molecular flexibility index (Phi) is 4.43. The summed E-state index contributed by atoms with van der Waals surface area (Å²) in [4.78, 5) is 18.8. The van der Waals surface area contributed by atoms with Crippen molar-refractivity contribution in [3.63, 3.8) is 0 Å². The van der Waals surface area contributed by atoms with Crippen LogP contribution in [0.3, 0.4) is 0 Å². The molecule has 1 fully saturated rings. The molecule has 116 valence electrons. The first-order valence-corrected chi connectivity index (χ1v) is 8.48. The number of rotatable bonds is 4. The maximum absolute atomic E-state index is 12.5. The highest BCUT2D eigenvalue weighted by molar-refractivity contribution is 7.11. The van der Waals surface area contributed by atoms with Gasteiger partial charge in [0.1, 0.15) is 11.9 Å². The molecule has 0 bridgehead atoms. The number of hydrogen-bond donors (Lipinski definition) is 0. The molecule has 0 saturated carbocycles. The van der Waals surface area contributed by atoms with E-state index >= 15 is 0 Å². The maximum atomic E-state index is 12.5. The standard InChI is InChI=1S/C17H20N2O2S/c1-12(2)15-11-22-16(18-15)17(20)19-9-8-14(10-19)21-13-6-4-3-5-7-13/h3-7,11-12,14H,8-10H2,1-2H3/t14-/m0/s1. The van der Waals surface area contributed by atoms with E-state index < -0.39 is 0 Å². The van der Waals surface area contributed by atoms with Gasteiger partial charge in [0.15, 0.2) is 5.01 Å². The molecule has 22 heavy (non-hydrogen) atoms. The van der Waals surface area contributed by atoms with Gasteiger partial charge in [0.05, 0.1) is 12.2 Å². The van der Waals surface area contributed by atoms with Crippen LogP contribution in [0, 0.1) is 0 Å². The van der Waals surface area contributed by atoms with Crippen LogP contribution in [0.2, 0.25) is 0 Å². The lowest BCUT2D eigenvalue weighted by molar-refractivity contribution is 0.0772. The van der Waals surface area contributed by atoms with E-state index in [1.807, 2.05) is 40.6 Å². The Labute approximate surface area is 134 Å². The van der Waals surface area contributed by atoms with Gasteiger partial charge in [-0.15, -0.1) is 11.3 Å². The van der Waals surface area contributed by atoms with Gasteiger partial charge in [0.2, 0.25) is 0 Å². The first-order valence-electron chi connectivity index (χ1n) is 7.60. The van der Waals surface area contributed by atoms with Gasteiger partial charge in [-0.05, 0) is 18.1 Å². The Morgan fingerprint density at radius 3 is 2.82 bits per heavy atom. The molecule has 1 aromatic carbocycles. The predicted molar refractivity (Wildman–Crippen MR) is 87.6 cm³/mol. The number of likely N-dealkylation sites (tertiary alicyclic amines) is 1. The monoisotopic (exact) mass is 316 g/mol. The molecule has 0 N–H and O–H groups in total. The molecular formula is C17H20N2O2S. The smallest absolute Gasteiger partial charge is 0.282 e. The summed E-state index contributed by atoms with van der Waals surface area (Å²) in [6, 6.07) is 9.76. The molecule has 2 aromatic rings. The number of hydrogen-bond acceptors (Lipinski definition) is 4. The van der Waals surface area contributed by atoms with Crippen LogP contribution >= 0.6 is 11.3 Å². The fourth-order valence-electron chi connectivity index (χ4n) is 2.49. The van der Waals surface area contributed by atoms with Crippen molar-refractivity contribution in [2.75, 3.05) is 13.1 Å². The number of para-hydroxylation sites is 1. The van der Waals surface area contributed by atoms with E-state index in [0.717, 1.165) is 24.4 Å². The van der Waals surface area contributed by atoms with E-state index in [1.54, 1.807) is 0 Å². The molecule has 3 rings (SSSR count). The predicted octanol–water partition coefficient (Wildman–Crippen LogP) is 3.56. The van der Waals surface area contributed by atoms with Crippen molar-refractivity contribution < 1.29 is 9.53 Å². The Bertz CT molecular complexity index is 639. The van der Waals surface area contributed by atoms with Crippen molar-refractivity contribution in [2.45, 2.75) is 32.3 Å². The number of ether oxygens (including phenoxy) is 1. The minimum Gasteiger partial charge on any atom is -0.489 e. The molecule has 1 aliphatic heterocycles. The molecule has 0 aliphatic carbocycles. The molecule has 5 heteroatoms. The van der Waals surface area contributed by atoms with Crippen molar-refractivity contribution in [3.05, 3.63) is 46.4 Å². The Morgan fingerprint density at radius 1 is 1.36 bits per heavy atom. The van der Waals surface area contributed by atoms with E-state index in [4.69, 9.17) is 4.74 Å². The zero-order valence-corrected chi connectivity index (χ0v) is 13.7. The summed E-state index contributed by atoms with van der Waals surface area (Å²) in [5, 5.41) is 2.57. The molecule has 4 nitrogen and oxygen atoms in total. The van der Waals surface area contributed by atoms with E-state index in [9.17, 15) is 4.79 Å². The second kappa shape index (κ2) is 6.48. The van der Waals surface area contributed by atoms with Gasteiger partial charge in [-0.1, -0.05) is 32.0 Å². The van der Waals surface area contributed by atoms with Crippen LogP contribution in [0.1, 0.15) is 41.7 Å². The number of nitrogens with zero attached hydrogens (tertiary/aromatic N) is 2. The Hall–Kier alpha value is -1.88. The van der Waals surface area contributed by atoms with Crippen molar-refractivity contribution in [3.8, 4) is 5.75 Å². The quantitative estimate of drug-likeness (QED) is 0.866. The van der Waals surface area contributed by atoms with Gasteiger partial charge in [0.25, 0.3) is 5.91 Å². The molecule has 1 amide bonds. The summed E-state index contributed by atoms with van der Waals surface area (Å²) >= 11 is 1.43. The van der Waals surface area contributed by atoms with Gasteiger partial charge in [-0.25, -0.2) is 4.98 Å². The third-order valence-corrected chi connectivity index (χ3v) is 4.62. The number of carbonyl (C=O) groups is 1. The second-order valence-electron chi connectivity index (χ2n) is 5.82. The van der Waals surface area contributed by atoms with Gasteiger partial charge >= 0.3 is 0 Å². The summed E-state index contributed by atoms with van der Waals surface area (Å²) < 4.78 is 5.92. The van der Waals surface area contributed by atoms with E-state index in [1.165, 1.54) is 11.3 Å². The normalized spacial score (nSPS) is 18.0. The highest BCUT2D eigenvalue weighted by Gasteiger charge is 2.29. The average Bonchev–Trinajstić information content (AvgIpc) is 3.17. The third-order valence-electron chi connectivity index (χ3n) is 3.77. The first kappa shape index (κ1) is 15.0. The summed E-state index contributed by atoms with van der Waals surface area (Å²) in [6.07, 6.45) is 0.930. The number of thiazole rings is 1. The number of benzene rings is 1. The lowest BCUT2D eigenvalue weighted by Crippen LogP contribution is -2.30. The van der Waals surface area contributed by atoms with Crippen LogP contribution in [-0.4, -0.2) is 35.0 Å². The summed E-state index contributed by atoms with van der Waals surface area (Å²) in [7, 11) is 0. The largest absolute Gasteiger partial charge is 0.489 e. The zero-order valence-electron chi connectivity index (χ0n) is 12.9. The fraction of sp³-hybridized carbons (Fsp3) is 0.412. The van der Waals surface area contributed by atoms with Crippen molar-refractivity contribution in [2.24, 2.45) is 0 Å². The highest BCUT2D eigenvalue weighted by atomic mass is 32.1.